The van der Waals surface area contributed by atoms with E-state index >= 15 is 0 Å². The van der Waals surface area contributed by atoms with E-state index in [2.05, 4.69) is 23.9 Å². The van der Waals surface area contributed by atoms with Gasteiger partial charge in [0, 0.05) is 6.04 Å². The summed E-state index contributed by atoms with van der Waals surface area (Å²) in [4.78, 5) is 2.24. The molecule has 0 heterocycles. The maximum Gasteiger partial charge on any atom is 0.153 e. The van der Waals surface area contributed by atoms with E-state index in [-0.39, 0.29) is 0 Å². The van der Waals surface area contributed by atoms with Crippen LogP contribution in [0.4, 0.5) is 0 Å². The highest BCUT2D eigenvalue weighted by Gasteiger charge is 2.22. The molecule has 0 spiro atoms. The molecule has 0 unspecified atom stereocenters. The van der Waals surface area contributed by atoms with Crippen LogP contribution < -0.4 is 5.73 Å². The first-order chi connectivity index (χ1) is 6.63. The molecule has 82 valence electrons. The molecule has 0 amide bonds. The maximum absolute atomic E-state index is 8.49. The van der Waals surface area contributed by atoms with Gasteiger partial charge in [-0.1, -0.05) is 18.0 Å². The standard InChI is InChI=1S/C10H21N3O/c1-8(2)13(7-10(11)12-14)6-5-9-3-4-9/h8-9,14H,3-7H2,1-2H3,(H2,11,12). The molecule has 1 rings (SSSR count). The minimum Gasteiger partial charge on any atom is -0.409 e. The van der Waals surface area contributed by atoms with Crippen LogP contribution in [0.25, 0.3) is 0 Å². The quantitative estimate of drug-likeness (QED) is 0.293. The van der Waals surface area contributed by atoms with Crippen LogP contribution >= 0.6 is 0 Å². The Hall–Kier alpha value is -0.770. The van der Waals surface area contributed by atoms with Crippen LogP contribution in [-0.4, -0.2) is 35.1 Å². The number of rotatable bonds is 6. The summed E-state index contributed by atoms with van der Waals surface area (Å²) in [6.45, 7) is 5.90. The lowest BCUT2D eigenvalue weighted by molar-refractivity contribution is 0.240. The average Bonchev–Trinajstić information content (AvgIpc) is 2.94. The molecule has 1 aliphatic rings. The molecule has 0 radical (unpaired) electrons. The van der Waals surface area contributed by atoms with Gasteiger partial charge in [0.1, 0.15) is 0 Å². The first kappa shape index (κ1) is 11.3. The summed E-state index contributed by atoms with van der Waals surface area (Å²) < 4.78 is 0. The molecule has 0 bridgehead atoms. The Balaban J connectivity index is 2.29. The van der Waals surface area contributed by atoms with Crippen molar-refractivity contribution in [1.29, 1.82) is 0 Å². The molecule has 1 saturated carbocycles. The Bertz CT molecular complexity index is 200. The summed E-state index contributed by atoms with van der Waals surface area (Å²) in [5.74, 6) is 1.23. The lowest BCUT2D eigenvalue weighted by Crippen LogP contribution is -2.39. The van der Waals surface area contributed by atoms with E-state index in [1.807, 2.05) is 0 Å². The fourth-order valence-corrected chi connectivity index (χ4v) is 1.51. The zero-order valence-electron chi connectivity index (χ0n) is 9.11. The average molecular weight is 199 g/mol. The van der Waals surface area contributed by atoms with Crippen molar-refractivity contribution in [2.24, 2.45) is 16.8 Å². The smallest absolute Gasteiger partial charge is 0.153 e. The summed E-state index contributed by atoms with van der Waals surface area (Å²) in [5.41, 5.74) is 5.49. The van der Waals surface area contributed by atoms with Crippen LogP contribution in [0.15, 0.2) is 5.16 Å². The van der Waals surface area contributed by atoms with E-state index in [0.717, 1.165) is 12.5 Å². The Labute approximate surface area is 85.8 Å². The van der Waals surface area contributed by atoms with E-state index in [1.165, 1.54) is 19.3 Å². The van der Waals surface area contributed by atoms with Crippen molar-refractivity contribution in [3.63, 3.8) is 0 Å². The van der Waals surface area contributed by atoms with Crippen LogP contribution in [0.5, 0.6) is 0 Å². The van der Waals surface area contributed by atoms with Crippen molar-refractivity contribution in [2.75, 3.05) is 13.1 Å². The summed E-state index contributed by atoms with van der Waals surface area (Å²) in [7, 11) is 0. The molecule has 0 aromatic heterocycles. The van der Waals surface area contributed by atoms with Crippen molar-refractivity contribution in [3.05, 3.63) is 0 Å². The summed E-state index contributed by atoms with van der Waals surface area (Å²) >= 11 is 0. The van der Waals surface area contributed by atoms with Gasteiger partial charge in [0.15, 0.2) is 5.84 Å². The molecular formula is C10H21N3O. The second-order valence-electron chi connectivity index (χ2n) is 4.39. The zero-order chi connectivity index (χ0) is 10.6. The molecule has 1 aliphatic carbocycles. The van der Waals surface area contributed by atoms with Gasteiger partial charge in [-0.3, -0.25) is 4.90 Å². The van der Waals surface area contributed by atoms with E-state index < -0.39 is 0 Å². The Morgan fingerprint density at radius 3 is 2.64 bits per heavy atom. The largest absolute Gasteiger partial charge is 0.409 e. The Kier molecular flexibility index (Phi) is 4.20. The van der Waals surface area contributed by atoms with Gasteiger partial charge in [-0.25, -0.2) is 0 Å². The fourth-order valence-electron chi connectivity index (χ4n) is 1.51. The minimum atomic E-state index is 0.300. The molecular weight excluding hydrogens is 178 g/mol. The predicted octanol–water partition coefficient (Wildman–Crippen LogP) is 1.24. The highest BCUT2D eigenvalue weighted by molar-refractivity contribution is 5.81. The molecule has 0 aromatic carbocycles. The summed E-state index contributed by atoms with van der Waals surface area (Å²) in [6.07, 6.45) is 4.02. The monoisotopic (exact) mass is 199 g/mol. The number of amidine groups is 1. The van der Waals surface area contributed by atoms with E-state index in [0.29, 0.717) is 18.4 Å². The highest BCUT2D eigenvalue weighted by atomic mass is 16.4. The second-order valence-corrected chi connectivity index (χ2v) is 4.39. The van der Waals surface area contributed by atoms with Gasteiger partial charge in [0.05, 0.1) is 6.54 Å². The second kappa shape index (κ2) is 5.20. The highest BCUT2D eigenvalue weighted by Crippen LogP contribution is 2.32. The molecule has 4 heteroatoms. The molecule has 0 saturated heterocycles. The van der Waals surface area contributed by atoms with Crippen molar-refractivity contribution >= 4 is 5.84 Å². The molecule has 14 heavy (non-hydrogen) atoms. The number of hydrogen-bond donors (Lipinski definition) is 2. The van der Waals surface area contributed by atoms with Crippen molar-refractivity contribution in [3.8, 4) is 0 Å². The third-order valence-electron chi connectivity index (χ3n) is 2.75. The normalized spacial score (nSPS) is 18.1. The fraction of sp³-hybridized carbons (Fsp3) is 0.900. The van der Waals surface area contributed by atoms with Crippen molar-refractivity contribution < 1.29 is 5.21 Å². The molecule has 4 nitrogen and oxygen atoms in total. The summed E-state index contributed by atoms with van der Waals surface area (Å²) in [6, 6.07) is 0.453. The third kappa shape index (κ3) is 3.96. The number of nitrogens with two attached hydrogens (primary N) is 1. The summed E-state index contributed by atoms with van der Waals surface area (Å²) in [5, 5.41) is 11.5. The lowest BCUT2D eigenvalue weighted by atomic mass is 10.2. The van der Waals surface area contributed by atoms with E-state index in [4.69, 9.17) is 10.9 Å². The van der Waals surface area contributed by atoms with Gasteiger partial charge in [0.2, 0.25) is 0 Å². The first-order valence-corrected chi connectivity index (χ1v) is 5.34. The SMILES string of the molecule is CC(C)N(CCC1CC1)CC(N)=NO. The van der Waals surface area contributed by atoms with Crippen molar-refractivity contribution in [2.45, 2.75) is 39.2 Å². The van der Waals surface area contributed by atoms with E-state index in [1.54, 1.807) is 0 Å². The van der Waals surface area contributed by atoms with Gasteiger partial charge >= 0.3 is 0 Å². The zero-order valence-corrected chi connectivity index (χ0v) is 9.11. The van der Waals surface area contributed by atoms with Crippen LogP contribution in [-0.2, 0) is 0 Å². The van der Waals surface area contributed by atoms with Crippen molar-refractivity contribution in [1.82, 2.24) is 4.90 Å². The minimum absolute atomic E-state index is 0.300. The molecule has 0 aliphatic heterocycles. The Morgan fingerprint density at radius 1 is 1.57 bits per heavy atom. The number of oxime groups is 1. The van der Waals surface area contributed by atoms with Crippen LogP contribution in [0.3, 0.4) is 0 Å². The van der Waals surface area contributed by atoms with Gasteiger partial charge in [-0.2, -0.15) is 0 Å². The van der Waals surface area contributed by atoms with Gasteiger partial charge in [-0.15, -0.1) is 0 Å². The third-order valence-corrected chi connectivity index (χ3v) is 2.75. The van der Waals surface area contributed by atoms with Crippen LogP contribution in [0, 0.1) is 5.92 Å². The topological polar surface area (TPSA) is 61.8 Å². The van der Waals surface area contributed by atoms with Gasteiger partial charge in [0.25, 0.3) is 0 Å². The number of hydrogen-bond acceptors (Lipinski definition) is 3. The molecule has 1 fully saturated rings. The molecule has 0 aromatic rings. The van der Waals surface area contributed by atoms with Crippen LogP contribution in [0.1, 0.15) is 33.1 Å². The molecule has 0 atom stereocenters. The Morgan fingerprint density at radius 2 is 2.21 bits per heavy atom. The van der Waals surface area contributed by atoms with Gasteiger partial charge in [-0.05, 0) is 32.7 Å². The van der Waals surface area contributed by atoms with E-state index in [9.17, 15) is 0 Å². The van der Waals surface area contributed by atoms with Crippen LogP contribution in [0.2, 0.25) is 0 Å². The van der Waals surface area contributed by atoms with Gasteiger partial charge < -0.3 is 10.9 Å². The molecule has 3 N–H and O–H groups in total. The lowest BCUT2D eigenvalue weighted by Gasteiger charge is -2.25. The number of nitrogens with zero attached hydrogens (tertiary/aromatic N) is 2. The predicted molar refractivity (Wildman–Crippen MR) is 57.5 cm³/mol. The first-order valence-electron chi connectivity index (χ1n) is 5.34. The maximum atomic E-state index is 8.49.